The summed E-state index contributed by atoms with van der Waals surface area (Å²) >= 11 is 0. The maximum atomic E-state index is 11.5. The summed E-state index contributed by atoms with van der Waals surface area (Å²) in [6.45, 7) is 5.25. The van der Waals surface area contributed by atoms with Gasteiger partial charge in [-0.3, -0.25) is 4.98 Å². The Morgan fingerprint density at radius 3 is 2.81 bits per heavy atom. The predicted octanol–water partition coefficient (Wildman–Crippen LogP) is 2.37. The second kappa shape index (κ2) is 7.60. The van der Waals surface area contributed by atoms with Crippen molar-refractivity contribution in [2.45, 2.75) is 39.2 Å². The molecular weight excluding hydrogens is 332 g/mol. The van der Waals surface area contributed by atoms with Gasteiger partial charge in [-0.05, 0) is 43.5 Å². The molecular formula is C20H26N2O4. The zero-order valence-corrected chi connectivity index (χ0v) is 15.3. The summed E-state index contributed by atoms with van der Waals surface area (Å²) in [5.41, 5.74) is 4.08. The second-order valence-corrected chi connectivity index (χ2v) is 7.06. The third-order valence-corrected chi connectivity index (χ3v) is 5.25. The van der Waals surface area contributed by atoms with Gasteiger partial charge in [0.15, 0.2) is 0 Å². The van der Waals surface area contributed by atoms with Gasteiger partial charge in [-0.15, -0.1) is 0 Å². The zero-order valence-electron chi connectivity index (χ0n) is 15.3. The Labute approximate surface area is 153 Å². The first-order valence-electron chi connectivity index (χ1n) is 9.16. The van der Waals surface area contributed by atoms with Gasteiger partial charge in [0.2, 0.25) is 0 Å². The number of aliphatic hydroxyl groups excluding tert-OH is 2. The van der Waals surface area contributed by atoms with E-state index in [0.717, 1.165) is 40.7 Å². The topological polar surface area (TPSA) is 93.9 Å². The van der Waals surface area contributed by atoms with E-state index in [2.05, 4.69) is 16.8 Å². The first kappa shape index (κ1) is 18.6. The van der Waals surface area contributed by atoms with Crippen LogP contribution >= 0.6 is 0 Å². The van der Waals surface area contributed by atoms with Crippen LogP contribution in [0.2, 0.25) is 0 Å². The van der Waals surface area contributed by atoms with E-state index < -0.39 is 12.1 Å². The Bertz CT molecular complexity index is 821. The molecule has 6 nitrogen and oxygen atoms in total. The SMILES string of the molecule is CCCc1c(C)nc2ccc(C(=O)O)cc2c1N1CC[C@@H](O)[C@@H](CO)C1. The molecule has 26 heavy (non-hydrogen) atoms. The summed E-state index contributed by atoms with van der Waals surface area (Å²) in [5, 5.41) is 29.9. The van der Waals surface area contributed by atoms with Crippen LogP contribution in [0.3, 0.4) is 0 Å². The quantitative estimate of drug-likeness (QED) is 0.760. The van der Waals surface area contributed by atoms with Gasteiger partial charge in [0.25, 0.3) is 0 Å². The molecule has 1 saturated heterocycles. The molecule has 140 valence electrons. The molecule has 0 radical (unpaired) electrons. The predicted molar refractivity (Wildman–Crippen MR) is 101 cm³/mol. The lowest BCUT2D eigenvalue weighted by atomic mass is 9.92. The van der Waals surface area contributed by atoms with E-state index >= 15 is 0 Å². The van der Waals surface area contributed by atoms with E-state index in [-0.39, 0.29) is 18.1 Å². The van der Waals surface area contributed by atoms with E-state index in [4.69, 9.17) is 0 Å². The molecule has 1 aliphatic rings. The fourth-order valence-corrected chi connectivity index (χ4v) is 3.85. The number of carbonyl (C=O) groups is 1. The van der Waals surface area contributed by atoms with Crippen LogP contribution in [0.5, 0.6) is 0 Å². The van der Waals surface area contributed by atoms with Crippen molar-refractivity contribution in [2.75, 3.05) is 24.6 Å². The van der Waals surface area contributed by atoms with Crippen molar-refractivity contribution in [1.82, 2.24) is 4.98 Å². The number of hydrogen-bond acceptors (Lipinski definition) is 5. The number of piperidine rings is 1. The Balaban J connectivity index is 2.20. The number of fused-ring (bicyclic) bond motifs is 1. The van der Waals surface area contributed by atoms with Crippen molar-refractivity contribution in [3.8, 4) is 0 Å². The Hall–Kier alpha value is -2.18. The first-order chi connectivity index (χ1) is 12.5. The van der Waals surface area contributed by atoms with Crippen LogP contribution in [0.25, 0.3) is 10.9 Å². The minimum atomic E-state index is -0.960. The Morgan fingerprint density at radius 1 is 1.38 bits per heavy atom. The lowest BCUT2D eigenvalue weighted by Crippen LogP contribution is -2.45. The molecule has 0 aliphatic carbocycles. The molecule has 6 heteroatoms. The average molecular weight is 358 g/mol. The number of aryl methyl sites for hydroxylation is 1. The van der Waals surface area contributed by atoms with E-state index in [1.54, 1.807) is 18.2 Å². The van der Waals surface area contributed by atoms with E-state index in [1.807, 2.05) is 6.92 Å². The third kappa shape index (κ3) is 3.39. The monoisotopic (exact) mass is 358 g/mol. The summed E-state index contributed by atoms with van der Waals surface area (Å²) in [4.78, 5) is 18.3. The van der Waals surface area contributed by atoms with E-state index in [1.165, 1.54) is 0 Å². The van der Waals surface area contributed by atoms with Gasteiger partial charge in [-0.2, -0.15) is 0 Å². The van der Waals surface area contributed by atoms with Gasteiger partial charge in [0.05, 0.1) is 29.5 Å². The Kier molecular flexibility index (Phi) is 5.44. The average Bonchev–Trinajstić information content (AvgIpc) is 2.62. The van der Waals surface area contributed by atoms with Crippen LogP contribution in [0, 0.1) is 12.8 Å². The van der Waals surface area contributed by atoms with Crippen LogP contribution in [-0.4, -0.2) is 52.1 Å². The number of benzene rings is 1. The standard InChI is InChI=1S/C20H26N2O4/c1-3-4-15-12(2)21-17-6-5-13(20(25)26)9-16(17)19(15)22-8-7-18(24)14(10-22)11-23/h5-6,9,14,18,23-24H,3-4,7-8,10-11H2,1-2H3,(H,25,26)/t14-,18-/m1/s1. The highest BCUT2D eigenvalue weighted by Crippen LogP contribution is 2.36. The number of aromatic carboxylic acids is 1. The molecule has 2 heterocycles. The minimum absolute atomic E-state index is 0.0663. The lowest BCUT2D eigenvalue weighted by molar-refractivity contribution is 0.0525. The molecule has 0 amide bonds. The van der Waals surface area contributed by atoms with Crippen LogP contribution in [0.1, 0.15) is 41.4 Å². The van der Waals surface area contributed by atoms with Crippen LogP contribution in [-0.2, 0) is 6.42 Å². The molecule has 0 saturated carbocycles. The fraction of sp³-hybridized carbons (Fsp3) is 0.500. The number of hydrogen-bond donors (Lipinski definition) is 3. The van der Waals surface area contributed by atoms with Crippen molar-refractivity contribution >= 4 is 22.6 Å². The molecule has 0 unspecified atom stereocenters. The highest BCUT2D eigenvalue weighted by atomic mass is 16.4. The molecule has 3 N–H and O–H groups in total. The van der Waals surface area contributed by atoms with Gasteiger partial charge in [0.1, 0.15) is 0 Å². The summed E-state index contributed by atoms with van der Waals surface area (Å²) in [6.07, 6.45) is 1.89. The van der Waals surface area contributed by atoms with Crippen molar-refractivity contribution in [1.29, 1.82) is 0 Å². The molecule has 2 atom stereocenters. The van der Waals surface area contributed by atoms with E-state index in [9.17, 15) is 20.1 Å². The van der Waals surface area contributed by atoms with Gasteiger partial charge in [0, 0.05) is 30.1 Å². The largest absolute Gasteiger partial charge is 0.478 e. The number of rotatable bonds is 5. The van der Waals surface area contributed by atoms with Crippen molar-refractivity contribution < 1.29 is 20.1 Å². The molecule has 1 aromatic carbocycles. The molecule has 1 aromatic heterocycles. The summed E-state index contributed by atoms with van der Waals surface area (Å²) in [5.74, 6) is -1.16. The van der Waals surface area contributed by atoms with Crippen molar-refractivity contribution in [3.63, 3.8) is 0 Å². The molecule has 0 bridgehead atoms. The second-order valence-electron chi connectivity index (χ2n) is 7.06. The lowest BCUT2D eigenvalue weighted by Gasteiger charge is -2.38. The number of nitrogens with zero attached hydrogens (tertiary/aromatic N) is 2. The van der Waals surface area contributed by atoms with Crippen LogP contribution in [0.4, 0.5) is 5.69 Å². The minimum Gasteiger partial charge on any atom is -0.478 e. The van der Waals surface area contributed by atoms with Crippen LogP contribution in [0.15, 0.2) is 18.2 Å². The number of carboxylic acids is 1. The van der Waals surface area contributed by atoms with Gasteiger partial charge >= 0.3 is 5.97 Å². The number of aliphatic hydroxyl groups is 2. The third-order valence-electron chi connectivity index (χ3n) is 5.25. The van der Waals surface area contributed by atoms with Crippen LogP contribution < -0.4 is 4.90 Å². The molecule has 3 rings (SSSR count). The maximum absolute atomic E-state index is 11.5. The normalized spacial score (nSPS) is 20.5. The number of aromatic nitrogens is 1. The van der Waals surface area contributed by atoms with Gasteiger partial charge in [-0.1, -0.05) is 13.3 Å². The molecule has 2 aromatic rings. The molecule has 1 aliphatic heterocycles. The number of anilines is 1. The summed E-state index contributed by atoms with van der Waals surface area (Å²) in [6, 6.07) is 5.03. The maximum Gasteiger partial charge on any atom is 0.335 e. The summed E-state index contributed by atoms with van der Waals surface area (Å²) < 4.78 is 0. The highest BCUT2D eigenvalue weighted by molar-refractivity contribution is 5.99. The highest BCUT2D eigenvalue weighted by Gasteiger charge is 2.30. The zero-order chi connectivity index (χ0) is 18.8. The molecule has 1 fully saturated rings. The first-order valence-corrected chi connectivity index (χ1v) is 9.16. The van der Waals surface area contributed by atoms with Gasteiger partial charge in [-0.25, -0.2) is 4.79 Å². The van der Waals surface area contributed by atoms with Crippen molar-refractivity contribution in [3.05, 3.63) is 35.0 Å². The van der Waals surface area contributed by atoms with E-state index in [0.29, 0.717) is 19.5 Å². The number of pyridine rings is 1. The van der Waals surface area contributed by atoms with Crippen molar-refractivity contribution in [2.24, 2.45) is 5.92 Å². The smallest absolute Gasteiger partial charge is 0.335 e. The molecule has 0 spiro atoms. The summed E-state index contributed by atoms with van der Waals surface area (Å²) in [7, 11) is 0. The number of carboxylic acid groups (broad SMARTS) is 1. The Morgan fingerprint density at radius 2 is 2.15 bits per heavy atom. The van der Waals surface area contributed by atoms with Gasteiger partial charge < -0.3 is 20.2 Å². The fourth-order valence-electron chi connectivity index (χ4n) is 3.85.